The van der Waals surface area contributed by atoms with E-state index >= 15 is 0 Å². The molecule has 0 fully saturated rings. The van der Waals surface area contributed by atoms with Gasteiger partial charge in [0.25, 0.3) is 5.56 Å². The summed E-state index contributed by atoms with van der Waals surface area (Å²) in [6.07, 6.45) is 3.33. The maximum Gasteiger partial charge on any atom is 0.420 e. The van der Waals surface area contributed by atoms with Crippen LogP contribution in [0.4, 0.5) is 15.3 Å². The van der Waals surface area contributed by atoms with Gasteiger partial charge in [-0.15, -0.1) is 0 Å². The van der Waals surface area contributed by atoms with Crippen molar-refractivity contribution < 1.29 is 28.7 Å². The van der Waals surface area contributed by atoms with Crippen LogP contribution in [-0.2, 0) is 25.6 Å². The number of benzene rings is 1. The monoisotopic (exact) mass is 566 g/mol. The molecular formula is C28H34N6O7. The number of nitrogens with zero attached hydrogens (tertiary/aromatic N) is 3. The lowest BCUT2D eigenvalue weighted by Crippen LogP contribution is -2.44. The minimum atomic E-state index is -1.05. The van der Waals surface area contributed by atoms with Crippen LogP contribution < -0.4 is 21.5 Å². The Morgan fingerprint density at radius 1 is 1.10 bits per heavy atom. The predicted octanol–water partition coefficient (Wildman–Crippen LogP) is 2.78. The molecular weight excluding hydrogens is 532 g/mol. The second-order valence-electron chi connectivity index (χ2n) is 9.96. The van der Waals surface area contributed by atoms with E-state index in [4.69, 9.17) is 4.74 Å². The molecule has 1 atom stereocenters. The molecule has 3 rings (SSSR count). The van der Waals surface area contributed by atoms with Crippen LogP contribution in [0.2, 0.25) is 0 Å². The average molecular weight is 567 g/mol. The Morgan fingerprint density at radius 3 is 2.51 bits per heavy atom. The smallest absolute Gasteiger partial charge is 0.420 e. The van der Waals surface area contributed by atoms with Crippen molar-refractivity contribution in [1.82, 2.24) is 24.8 Å². The third-order valence-electron chi connectivity index (χ3n) is 5.73. The number of methoxy groups -OCH3 is 1. The molecule has 0 aliphatic rings. The number of hydrogen-bond donors (Lipinski definition) is 3. The van der Waals surface area contributed by atoms with E-state index in [1.165, 1.54) is 34.5 Å². The lowest BCUT2D eigenvalue weighted by atomic mass is 10.1. The minimum absolute atomic E-state index is 0.0463. The number of rotatable bonds is 9. The van der Waals surface area contributed by atoms with Gasteiger partial charge in [-0.1, -0.05) is 18.2 Å². The van der Waals surface area contributed by atoms with Crippen molar-refractivity contribution >= 4 is 40.7 Å². The molecule has 1 aromatic carbocycles. The Labute approximate surface area is 236 Å². The standard InChI is InChI=1S/C28H34N6O7/c1-28(2,3)41-27(39)34-21-14-8-6-11-18(21)30-22(34)17-33-16-10-13-20(25(33)37)31-24(36)19(32-26(38)40-5)12-7-9-15-23(35)29-4/h6,8-11,13-16,19H,7,12,17H2,1-5H3,(H,29,35)(H,31,36)(H,32,38)/b15-9+/t19-/m0/s1. The second kappa shape index (κ2) is 13.4. The highest BCUT2D eigenvalue weighted by atomic mass is 16.6. The highest BCUT2D eigenvalue weighted by molar-refractivity contribution is 5.96. The van der Waals surface area contributed by atoms with Gasteiger partial charge >= 0.3 is 12.2 Å². The molecule has 0 saturated carbocycles. The molecule has 0 saturated heterocycles. The molecule has 13 heteroatoms. The highest BCUT2D eigenvalue weighted by Crippen LogP contribution is 2.19. The summed E-state index contributed by atoms with van der Waals surface area (Å²) < 4.78 is 12.8. The van der Waals surface area contributed by atoms with Crippen LogP contribution in [0.1, 0.15) is 39.4 Å². The lowest BCUT2D eigenvalue weighted by molar-refractivity contribution is -0.118. The summed E-state index contributed by atoms with van der Waals surface area (Å²) in [6.45, 7) is 5.16. The van der Waals surface area contributed by atoms with Crippen LogP contribution in [-0.4, -0.2) is 63.9 Å². The van der Waals surface area contributed by atoms with E-state index in [2.05, 4.69) is 25.7 Å². The zero-order valence-corrected chi connectivity index (χ0v) is 23.6. The molecule has 0 spiro atoms. The van der Waals surface area contributed by atoms with E-state index < -0.39 is 35.3 Å². The summed E-state index contributed by atoms with van der Waals surface area (Å²) >= 11 is 0. The van der Waals surface area contributed by atoms with Crippen molar-refractivity contribution in [2.45, 2.75) is 51.8 Å². The van der Waals surface area contributed by atoms with E-state index in [1.54, 1.807) is 57.2 Å². The molecule has 0 radical (unpaired) electrons. The van der Waals surface area contributed by atoms with Crippen molar-refractivity contribution in [3.63, 3.8) is 0 Å². The Morgan fingerprint density at radius 2 is 1.83 bits per heavy atom. The number of nitrogens with one attached hydrogen (secondary N) is 3. The van der Waals surface area contributed by atoms with Gasteiger partial charge in [-0.3, -0.25) is 14.4 Å². The molecule has 3 amide bonds. The van der Waals surface area contributed by atoms with Gasteiger partial charge in [0.1, 0.15) is 23.2 Å². The Kier molecular flexibility index (Phi) is 10.0. The highest BCUT2D eigenvalue weighted by Gasteiger charge is 2.25. The lowest BCUT2D eigenvalue weighted by Gasteiger charge is -2.20. The summed E-state index contributed by atoms with van der Waals surface area (Å²) in [5.41, 5.74) is -0.284. The van der Waals surface area contributed by atoms with Crippen molar-refractivity contribution in [1.29, 1.82) is 0 Å². The normalized spacial score (nSPS) is 12.1. The quantitative estimate of drug-likeness (QED) is 0.333. The average Bonchev–Trinajstić information content (AvgIpc) is 3.29. The first kappa shape index (κ1) is 30.6. The van der Waals surface area contributed by atoms with Crippen LogP contribution in [0.25, 0.3) is 11.0 Å². The van der Waals surface area contributed by atoms with Gasteiger partial charge in [0.15, 0.2) is 0 Å². The number of alkyl carbamates (subject to hydrolysis) is 1. The number of fused-ring (bicyclic) bond motifs is 1. The Hall–Kier alpha value is -4.94. The predicted molar refractivity (Wildman–Crippen MR) is 152 cm³/mol. The Balaban J connectivity index is 1.86. The van der Waals surface area contributed by atoms with E-state index in [-0.39, 0.29) is 36.8 Å². The molecule has 0 aliphatic heterocycles. The number of carbonyl (C=O) groups is 4. The van der Waals surface area contributed by atoms with Gasteiger partial charge in [-0.2, -0.15) is 0 Å². The maximum absolute atomic E-state index is 13.3. The van der Waals surface area contributed by atoms with Gasteiger partial charge in [-0.05, 0) is 64.0 Å². The molecule has 0 unspecified atom stereocenters. The topological polar surface area (TPSA) is 163 Å². The van der Waals surface area contributed by atoms with E-state index in [0.29, 0.717) is 11.0 Å². The van der Waals surface area contributed by atoms with Crippen LogP contribution >= 0.6 is 0 Å². The van der Waals surface area contributed by atoms with Crippen LogP contribution in [0.3, 0.4) is 0 Å². The third-order valence-corrected chi connectivity index (χ3v) is 5.73. The SMILES string of the molecule is CNC(=O)/C=C/CC[C@H](NC(=O)OC)C(=O)Nc1cccn(Cc2nc3ccccc3n2C(=O)OC(C)(C)C)c1=O. The zero-order chi connectivity index (χ0) is 30.2. The van der Waals surface area contributed by atoms with E-state index in [9.17, 15) is 24.0 Å². The fraction of sp³-hybridized carbons (Fsp3) is 0.357. The van der Waals surface area contributed by atoms with Crippen molar-refractivity contribution in [3.05, 3.63) is 70.9 Å². The zero-order valence-electron chi connectivity index (χ0n) is 23.6. The molecule has 3 aromatic rings. The first-order valence-corrected chi connectivity index (χ1v) is 12.9. The third kappa shape index (κ3) is 8.27. The van der Waals surface area contributed by atoms with Gasteiger partial charge in [0.2, 0.25) is 11.8 Å². The number of likely N-dealkylation sites (N-methyl/N-ethyl adjacent to an activating group) is 1. The molecule has 2 aromatic heterocycles. The second-order valence-corrected chi connectivity index (χ2v) is 9.96. The van der Waals surface area contributed by atoms with Gasteiger partial charge < -0.3 is 30.0 Å². The van der Waals surface area contributed by atoms with Crippen molar-refractivity contribution in [3.8, 4) is 0 Å². The van der Waals surface area contributed by atoms with Crippen LogP contribution in [0.15, 0.2) is 59.5 Å². The largest absolute Gasteiger partial charge is 0.453 e. The van der Waals surface area contributed by atoms with Crippen LogP contribution in [0, 0.1) is 0 Å². The number of carbonyl (C=O) groups excluding carboxylic acids is 4. The van der Waals surface area contributed by atoms with Gasteiger partial charge in [0, 0.05) is 13.2 Å². The first-order chi connectivity index (χ1) is 19.4. The number of pyridine rings is 1. The summed E-state index contributed by atoms with van der Waals surface area (Å²) in [5.74, 6) is -0.698. The summed E-state index contributed by atoms with van der Waals surface area (Å²) in [4.78, 5) is 67.2. The molecule has 2 heterocycles. The number of allylic oxidation sites excluding steroid dienone is 1. The molecule has 0 aliphatic carbocycles. The minimum Gasteiger partial charge on any atom is -0.453 e. The molecule has 3 N–H and O–H groups in total. The molecule has 41 heavy (non-hydrogen) atoms. The number of hydrogen-bond acceptors (Lipinski definition) is 8. The summed E-state index contributed by atoms with van der Waals surface area (Å²) in [5, 5.41) is 7.43. The molecule has 0 bridgehead atoms. The van der Waals surface area contributed by atoms with Crippen LogP contribution in [0.5, 0.6) is 0 Å². The fourth-order valence-electron chi connectivity index (χ4n) is 3.83. The molecule has 218 valence electrons. The number of anilines is 1. The number of para-hydroxylation sites is 2. The summed E-state index contributed by atoms with van der Waals surface area (Å²) in [7, 11) is 2.65. The number of aromatic nitrogens is 3. The van der Waals surface area contributed by atoms with Crippen molar-refractivity contribution in [2.24, 2.45) is 0 Å². The van der Waals surface area contributed by atoms with Gasteiger partial charge in [0.05, 0.1) is 24.7 Å². The molecule has 13 nitrogen and oxygen atoms in total. The number of imidazole rings is 1. The number of amides is 3. The number of ether oxygens (including phenoxy) is 2. The van der Waals surface area contributed by atoms with E-state index in [1.807, 2.05) is 0 Å². The summed E-state index contributed by atoms with van der Waals surface area (Å²) in [6, 6.07) is 8.96. The maximum atomic E-state index is 13.3. The fourth-order valence-corrected chi connectivity index (χ4v) is 3.83. The van der Waals surface area contributed by atoms with Crippen molar-refractivity contribution in [2.75, 3.05) is 19.5 Å². The first-order valence-electron chi connectivity index (χ1n) is 12.9. The Bertz CT molecular complexity index is 1520. The van der Waals surface area contributed by atoms with E-state index in [0.717, 1.165) is 7.11 Å². The van der Waals surface area contributed by atoms with Gasteiger partial charge in [-0.25, -0.2) is 19.1 Å².